The summed E-state index contributed by atoms with van der Waals surface area (Å²) >= 11 is 0. The molecule has 0 aliphatic carbocycles. The Morgan fingerprint density at radius 3 is 3.00 bits per heavy atom. The minimum atomic E-state index is -4.59. The van der Waals surface area contributed by atoms with Crippen LogP contribution in [0, 0.1) is 0 Å². The number of carbonyl (C=O) groups excluding carboxylic acids is 1. The Morgan fingerprint density at radius 1 is 1.59 bits per heavy atom. The smallest absolute Gasteiger partial charge is 0.394 e. The Kier molecular flexibility index (Phi) is 5.37. The molecule has 0 unspecified atom stereocenters. The van der Waals surface area contributed by atoms with E-state index in [9.17, 15) is 18.0 Å². The molecule has 0 spiro atoms. The van der Waals surface area contributed by atoms with E-state index in [0.717, 1.165) is 0 Å². The number of aliphatic hydroxyl groups excluding tert-OH is 1. The zero-order valence-electron chi connectivity index (χ0n) is 11.5. The molecule has 1 fully saturated rings. The summed E-state index contributed by atoms with van der Waals surface area (Å²) in [5, 5.41) is 16.4. The van der Waals surface area contributed by atoms with E-state index in [1.165, 1.54) is 0 Å². The number of alkyl halides is 3. The van der Waals surface area contributed by atoms with E-state index in [2.05, 4.69) is 10.4 Å². The Labute approximate surface area is 123 Å². The lowest BCUT2D eigenvalue weighted by atomic mass is 10.1. The van der Waals surface area contributed by atoms with Crippen molar-refractivity contribution in [3.8, 4) is 0 Å². The van der Waals surface area contributed by atoms with Crippen molar-refractivity contribution in [2.75, 3.05) is 26.4 Å². The van der Waals surface area contributed by atoms with Crippen molar-refractivity contribution in [2.45, 2.75) is 24.7 Å². The van der Waals surface area contributed by atoms with Gasteiger partial charge in [-0.1, -0.05) is 0 Å². The molecule has 124 valence electrons. The number of nitrogens with zero attached hydrogens (tertiary/aromatic N) is 1. The number of carbonyl (C=O) groups is 1. The fourth-order valence-electron chi connectivity index (χ4n) is 2.08. The minimum Gasteiger partial charge on any atom is -0.394 e. The molecule has 10 heteroatoms. The highest BCUT2D eigenvalue weighted by atomic mass is 19.4. The molecule has 22 heavy (non-hydrogen) atoms. The van der Waals surface area contributed by atoms with E-state index in [0.29, 0.717) is 19.1 Å². The number of aliphatic hydroxyl groups is 1. The Bertz CT molecular complexity index is 506. The quantitative estimate of drug-likeness (QED) is 0.725. The molecule has 1 amide bonds. The lowest BCUT2D eigenvalue weighted by Crippen LogP contribution is -2.50. The molecular weight excluding hydrogens is 307 g/mol. The molecule has 0 saturated carbocycles. The third-order valence-corrected chi connectivity index (χ3v) is 3.15. The molecule has 1 saturated heterocycles. The average molecular weight is 323 g/mol. The first-order valence-corrected chi connectivity index (χ1v) is 6.65. The molecule has 3 N–H and O–H groups in total. The average Bonchev–Trinajstić information content (AvgIpc) is 2.96. The molecule has 0 bridgehead atoms. The van der Waals surface area contributed by atoms with Gasteiger partial charge in [0.2, 0.25) is 0 Å². The van der Waals surface area contributed by atoms with Gasteiger partial charge in [0.05, 0.1) is 32.0 Å². The Hall–Kier alpha value is -1.65. The van der Waals surface area contributed by atoms with Crippen LogP contribution in [-0.2, 0) is 15.7 Å². The summed E-state index contributed by atoms with van der Waals surface area (Å²) in [4.78, 5) is 12.0. The van der Waals surface area contributed by atoms with Crippen molar-refractivity contribution in [3.63, 3.8) is 0 Å². The van der Waals surface area contributed by atoms with E-state index in [-0.39, 0.29) is 31.6 Å². The van der Waals surface area contributed by atoms with Gasteiger partial charge in [0.25, 0.3) is 5.91 Å². The SMILES string of the molecule is O=C(N[C@@H]1COCC[C@@H]1OCCO)c1cc(C(F)(F)F)[nH]n1. The van der Waals surface area contributed by atoms with E-state index < -0.39 is 23.8 Å². The lowest BCUT2D eigenvalue weighted by molar-refractivity contribution is -0.141. The standard InChI is InChI=1S/C12H16F3N3O4/c13-12(14,15)10-5-7(17-18-10)11(20)16-8-6-21-3-1-9(8)22-4-2-19/h5,8-9,19H,1-4,6H2,(H,16,20)(H,17,18)/t8-,9+/m1/s1. The summed E-state index contributed by atoms with van der Waals surface area (Å²) in [6, 6.07) is 0.127. The van der Waals surface area contributed by atoms with Gasteiger partial charge in [-0.05, 0) is 6.42 Å². The van der Waals surface area contributed by atoms with Gasteiger partial charge >= 0.3 is 6.18 Å². The molecule has 1 aliphatic rings. The van der Waals surface area contributed by atoms with Crippen molar-refractivity contribution in [3.05, 3.63) is 17.5 Å². The molecule has 7 nitrogen and oxygen atoms in total. The molecule has 0 radical (unpaired) electrons. The Balaban J connectivity index is 1.98. The van der Waals surface area contributed by atoms with Gasteiger partial charge < -0.3 is 19.9 Å². The monoisotopic (exact) mass is 323 g/mol. The van der Waals surface area contributed by atoms with Crippen LogP contribution in [0.4, 0.5) is 13.2 Å². The first kappa shape index (κ1) is 16.7. The lowest BCUT2D eigenvalue weighted by Gasteiger charge is -2.31. The normalized spacial score (nSPS) is 22.5. The van der Waals surface area contributed by atoms with Crippen molar-refractivity contribution in [1.82, 2.24) is 15.5 Å². The maximum Gasteiger partial charge on any atom is 0.432 e. The molecule has 1 aromatic rings. The molecule has 0 aromatic carbocycles. The van der Waals surface area contributed by atoms with Gasteiger partial charge in [-0.2, -0.15) is 18.3 Å². The van der Waals surface area contributed by atoms with Crippen LogP contribution >= 0.6 is 0 Å². The summed E-state index contributed by atoms with van der Waals surface area (Å²) in [6.45, 7) is 0.575. The van der Waals surface area contributed by atoms with Gasteiger partial charge in [-0.25, -0.2) is 0 Å². The number of aromatic amines is 1. The van der Waals surface area contributed by atoms with E-state index in [1.54, 1.807) is 5.10 Å². The first-order valence-electron chi connectivity index (χ1n) is 6.65. The van der Waals surface area contributed by atoms with E-state index in [1.807, 2.05) is 0 Å². The van der Waals surface area contributed by atoms with Gasteiger partial charge in [-0.3, -0.25) is 9.89 Å². The third-order valence-electron chi connectivity index (χ3n) is 3.15. The second-order valence-electron chi connectivity index (χ2n) is 4.74. The number of rotatable bonds is 5. The minimum absolute atomic E-state index is 0.109. The predicted octanol–water partition coefficient (Wildman–Crippen LogP) is 0.325. The molecule has 2 atom stereocenters. The molecular formula is C12H16F3N3O4. The summed E-state index contributed by atoms with van der Waals surface area (Å²) in [6.07, 6.45) is -4.45. The predicted molar refractivity (Wildman–Crippen MR) is 67.1 cm³/mol. The summed E-state index contributed by atoms with van der Waals surface area (Å²) in [5.41, 5.74) is -1.45. The maximum atomic E-state index is 12.5. The van der Waals surface area contributed by atoms with Crippen LogP contribution in [0.1, 0.15) is 22.6 Å². The van der Waals surface area contributed by atoms with Crippen molar-refractivity contribution in [2.24, 2.45) is 0 Å². The number of hydrogen-bond donors (Lipinski definition) is 3. The van der Waals surface area contributed by atoms with Crippen molar-refractivity contribution in [1.29, 1.82) is 0 Å². The van der Waals surface area contributed by atoms with Crippen LogP contribution in [0.5, 0.6) is 0 Å². The van der Waals surface area contributed by atoms with Crippen LogP contribution < -0.4 is 5.32 Å². The zero-order chi connectivity index (χ0) is 16.2. The highest BCUT2D eigenvalue weighted by molar-refractivity contribution is 5.92. The molecule has 2 heterocycles. The molecule has 1 aliphatic heterocycles. The first-order chi connectivity index (χ1) is 10.4. The van der Waals surface area contributed by atoms with E-state index >= 15 is 0 Å². The van der Waals surface area contributed by atoms with Crippen molar-refractivity contribution >= 4 is 5.91 Å². The van der Waals surface area contributed by atoms with Crippen LogP contribution in [0.3, 0.4) is 0 Å². The number of nitrogens with one attached hydrogen (secondary N) is 2. The van der Waals surface area contributed by atoms with Crippen molar-refractivity contribution < 1.29 is 32.5 Å². The Morgan fingerprint density at radius 2 is 2.36 bits per heavy atom. The fraction of sp³-hybridized carbons (Fsp3) is 0.667. The van der Waals surface area contributed by atoms with Gasteiger partial charge in [0.1, 0.15) is 5.69 Å². The molecule has 2 rings (SSSR count). The maximum absolute atomic E-state index is 12.5. The van der Waals surface area contributed by atoms with Gasteiger partial charge in [0.15, 0.2) is 5.69 Å². The highest BCUT2D eigenvalue weighted by Gasteiger charge is 2.34. The summed E-state index contributed by atoms with van der Waals surface area (Å²) < 4.78 is 48.0. The van der Waals surface area contributed by atoms with E-state index in [4.69, 9.17) is 14.6 Å². The van der Waals surface area contributed by atoms with Crippen LogP contribution in [0.15, 0.2) is 6.07 Å². The number of hydrogen-bond acceptors (Lipinski definition) is 5. The second-order valence-corrected chi connectivity index (χ2v) is 4.74. The fourth-order valence-corrected chi connectivity index (χ4v) is 2.08. The molecule has 1 aromatic heterocycles. The number of aromatic nitrogens is 2. The summed E-state index contributed by atoms with van der Waals surface area (Å²) in [7, 11) is 0. The second kappa shape index (κ2) is 7.07. The summed E-state index contributed by atoms with van der Waals surface area (Å²) in [5.74, 6) is -0.750. The topological polar surface area (TPSA) is 96.5 Å². The highest BCUT2D eigenvalue weighted by Crippen LogP contribution is 2.27. The third kappa shape index (κ3) is 4.18. The number of H-pyrrole nitrogens is 1. The van der Waals surface area contributed by atoms with Crippen LogP contribution in [-0.4, -0.2) is 59.8 Å². The van der Waals surface area contributed by atoms with Gasteiger partial charge in [-0.15, -0.1) is 0 Å². The number of ether oxygens (including phenoxy) is 2. The van der Waals surface area contributed by atoms with Gasteiger partial charge in [0, 0.05) is 12.7 Å². The number of halogens is 3. The largest absolute Gasteiger partial charge is 0.432 e. The zero-order valence-corrected chi connectivity index (χ0v) is 11.5. The van der Waals surface area contributed by atoms with Crippen LogP contribution in [0.2, 0.25) is 0 Å². The number of amides is 1. The van der Waals surface area contributed by atoms with Crippen LogP contribution in [0.25, 0.3) is 0 Å².